The van der Waals surface area contributed by atoms with E-state index in [1.54, 1.807) is 12.1 Å². The Morgan fingerprint density at radius 3 is 2.25 bits per heavy atom. The van der Waals surface area contributed by atoms with Gasteiger partial charge >= 0.3 is 5.97 Å². The van der Waals surface area contributed by atoms with Gasteiger partial charge in [-0.2, -0.15) is 0 Å². The topological polar surface area (TPSA) is 52.3 Å². The highest BCUT2D eigenvalue weighted by Crippen LogP contribution is 2.20. The molecule has 16 heavy (non-hydrogen) atoms. The maximum absolute atomic E-state index is 11.9. The second-order valence-corrected chi connectivity index (χ2v) is 5.03. The molecule has 0 radical (unpaired) electrons. The Hall–Kier alpha value is -1.51. The number of anilines is 1. The van der Waals surface area contributed by atoms with Gasteiger partial charge in [-0.05, 0) is 57.9 Å². The average molecular weight is 221 g/mol. The Labute approximate surface area is 96.6 Å². The van der Waals surface area contributed by atoms with Gasteiger partial charge in [-0.3, -0.25) is 0 Å². The number of hydrogen-bond donors (Lipinski definition) is 1. The molecule has 0 aliphatic heterocycles. The number of carbonyl (C=O) groups excluding carboxylic acids is 1. The maximum Gasteiger partial charge on any atom is 0.338 e. The molecule has 3 nitrogen and oxygen atoms in total. The predicted octanol–water partition coefficient (Wildman–Crippen LogP) is 2.84. The third kappa shape index (κ3) is 2.99. The van der Waals surface area contributed by atoms with E-state index in [1.165, 1.54) is 0 Å². The van der Waals surface area contributed by atoms with Crippen LogP contribution < -0.4 is 5.73 Å². The van der Waals surface area contributed by atoms with Crippen molar-refractivity contribution in [2.24, 2.45) is 0 Å². The van der Waals surface area contributed by atoms with Crippen molar-refractivity contribution in [3.8, 4) is 0 Å². The molecule has 0 aromatic heterocycles. The van der Waals surface area contributed by atoms with Gasteiger partial charge in [0.15, 0.2) is 0 Å². The molecule has 2 N–H and O–H groups in total. The lowest BCUT2D eigenvalue weighted by molar-refractivity contribution is 0.00687. The second kappa shape index (κ2) is 4.16. The minimum atomic E-state index is -0.473. The molecular weight excluding hydrogens is 202 g/mol. The molecule has 0 aliphatic carbocycles. The van der Waals surface area contributed by atoms with Gasteiger partial charge in [0.05, 0.1) is 5.56 Å². The number of benzene rings is 1. The third-order valence-corrected chi connectivity index (χ3v) is 2.23. The Kier molecular flexibility index (Phi) is 3.27. The van der Waals surface area contributed by atoms with Crippen molar-refractivity contribution in [2.45, 2.75) is 40.2 Å². The van der Waals surface area contributed by atoms with E-state index in [4.69, 9.17) is 10.5 Å². The molecule has 1 aromatic carbocycles. The van der Waals surface area contributed by atoms with Gasteiger partial charge in [-0.15, -0.1) is 0 Å². The molecule has 3 heteroatoms. The summed E-state index contributed by atoms with van der Waals surface area (Å²) >= 11 is 0. The van der Waals surface area contributed by atoms with Crippen molar-refractivity contribution in [1.29, 1.82) is 0 Å². The molecule has 0 unspecified atom stereocenters. The van der Waals surface area contributed by atoms with Crippen molar-refractivity contribution in [2.75, 3.05) is 5.73 Å². The monoisotopic (exact) mass is 221 g/mol. The van der Waals surface area contributed by atoms with E-state index in [0.29, 0.717) is 11.3 Å². The van der Waals surface area contributed by atoms with Crippen LogP contribution in [0.1, 0.15) is 42.3 Å². The van der Waals surface area contributed by atoms with Crippen molar-refractivity contribution in [3.05, 3.63) is 28.8 Å². The van der Waals surface area contributed by atoms with E-state index >= 15 is 0 Å². The molecule has 0 atom stereocenters. The van der Waals surface area contributed by atoms with Crippen LogP contribution in [0.2, 0.25) is 0 Å². The zero-order chi connectivity index (χ0) is 12.5. The average Bonchev–Trinajstić information content (AvgIpc) is 2.08. The fraction of sp³-hybridized carbons (Fsp3) is 0.462. The number of carbonyl (C=O) groups is 1. The van der Waals surface area contributed by atoms with E-state index in [1.807, 2.05) is 34.6 Å². The number of rotatable bonds is 1. The Morgan fingerprint density at radius 1 is 1.19 bits per heavy atom. The zero-order valence-electron chi connectivity index (χ0n) is 10.5. The Balaban J connectivity index is 3.05. The Bertz CT molecular complexity index is 417. The molecule has 0 saturated heterocycles. The summed E-state index contributed by atoms with van der Waals surface area (Å²) in [4.78, 5) is 11.9. The molecule has 0 spiro atoms. The summed E-state index contributed by atoms with van der Waals surface area (Å²) in [6.07, 6.45) is 0. The predicted molar refractivity (Wildman–Crippen MR) is 65.5 cm³/mol. The summed E-state index contributed by atoms with van der Waals surface area (Å²) in [6, 6.07) is 3.58. The summed E-state index contributed by atoms with van der Waals surface area (Å²) < 4.78 is 5.32. The van der Waals surface area contributed by atoms with Crippen LogP contribution in [0.3, 0.4) is 0 Å². The standard InChI is InChI=1S/C13H19NO2/c1-8-7-11(14)9(2)6-10(8)12(15)16-13(3,4)5/h6-7H,14H2,1-5H3. The highest BCUT2D eigenvalue weighted by Gasteiger charge is 2.19. The minimum absolute atomic E-state index is 0.298. The quantitative estimate of drug-likeness (QED) is 0.586. The molecule has 1 rings (SSSR count). The summed E-state index contributed by atoms with van der Waals surface area (Å²) in [7, 11) is 0. The molecule has 0 heterocycles. The first kappa shape index (κ1) is 12.6. The lowest BCUT2D eigenvalue weighted by atomic mass is 10.0. The van der Waals surface area contributed by atoms with Crippen molar-refractivity contribution in [3.63, 3.8) is 0 Å². The van der Waals surface area contributed by atoms with Crippen LogP contribution in [-0.4, -0.2) is 11.6 Å². The first-order valence-corrected chi connectivity index (χ1v) is 5.31. The number of hydrogen-bond acceptors (Lipinski definition) is 3. The lowest BCUT2D eigenvalue weighted by Crippen LogP contribution is -2.24. The maximum atomic E-state index is 11.9. The lowest BCUT2D eigenvalue weighted by Gasteiger charge is -2.20. The highest BCUT2D eigenvalue weighted by atomic mass is 16.6. The van der Waals surface area contributed by atoms with Gasteiger partial charge in [0.1, 0.15) is 5.60 Å². The molecule has 88 valence electrons. The molecule has 0 aliphatic rings. The Morgan fingerprint density at radius 2 is 1.75 bits per heavy atom. The highest BCUT2D eigenvalue weighted by molar-refractivity contribution is 5.92. The first-order valence-electron chi connectivity index (χ1n) is 5.31. The third-order valence-electron chi connectivity index (χ3n) is 2.23. The van der Waals surface area contributed by atoms with Crippen molar-refractivity contribution in [1.82, 2.24) is 0 Å². The number of ether oxygens (including phenoxy) is 1. The van der Waals surface area contributed by atoms with Crippen LogP contribution in [0.5, 0.6) is 0 Å². The number of aryl methyl sites for hydroxylation is 2. The van der Waals surface area contributed by atoms with Crippen molar-refractivity contribution >= 4 is 11.7 Å². The number of esters is 1. The van der Waals surface area contributed by atoms with E-state index < -0.39 is 5.60 Å². The zero-order valence-corrected chi connectivity index (χ0v) is 10.5. The minimum Gasteiger partial charge on any atom is -0.456 e. The fourth-order valence-corrected chi connectivity index (χ4v) is 1.39. The number of nitrogens with two attached hydrogens (primary N) is 1. The van der Waals surface area contributed by atoms with Crippen LogP contribution in [0, 0.1) is 13.8 Å². The summed E-state index contributed by atoms with van der Waals surface area (Å²) in [5.74, 6) is -0.298. The van der Waals surface area contributed by atoms with E-state index in [9.17, 15) is 4.79 Å². The molecular formula is C13H19NO2. The van der Waals surface area contributed by atoms with Gasteiger partial charge in [-0.25, -0.2) is 4.79 Å². The van der Waals surface area contributed by atoms with Crippen LogP contribution in [0.4, 0.5) is 5.69 Å². The summed E-state index contributed by atoms with van der Waals surface area (Å²) in [5, 5.41) is 0. The van der Waals surface area contributed by atoms with Crippen LogP contribution in [-0.2, 0) is 4.74 Å². The largest absolute Gasteiger partial charge is 0.456 e. The van der Waals surface area contributed by atoms with E-state index in [2.05, 4.69) is 0 Å². The SMILES string of the molecule is Cc1cc(C(=O)OC(C)(C)C)c(C)cc1N. The first-order chi connectivity index (χ1) is 7.20. The summed E-state index contributed by atoms with van der Waals surface area (Å²) in [6.45, 7) is 9.29. The normalized spacial score (nSPS) is 11.3. The van der Waals surface area contributed by atoms with Gasteiger partial charge in [-0.1, -0.05) is 0 Å². The molecule has 0 bridgehead atoms. The molecule has 0 fully saturated rings. The smallest absolute Gasteiger partial charge is 0.338 e. The van der Waals surface area contributed by atoms with Gasteiger partial charge in [0, 0.05) is 5.69 Å². The molecule has 0 amide bonds. The van der Waals surface area contributed by atoms with Crippen LogP contribution >= 0.6 is 0 Å². The van der Waals surface area contributed by atoms with Crippen LogP contribution in [0.15, 0.2) is 12.1 Å². The van der Waals surface area contributed by atoms with Gasteiger partial charge < -0.3 is 10.5 Å². The number of nitrogen functional groups attached to an aromatic ring is 1. The molecule has 1 aromatic rings. The summed E-state index contributed by atoms with van der Waals surface area (Å²) in [5.41, 5.74) is 8.31. The van der Waals surface area contributed by atoms with Gasteiger partial charge in [0.2, 0.25) is 0 Å². The van der Waals surface area contributed by atoms with E-state index in [-0.39, 0.29) is 5.97 Å². The van der Waals surface area contributed by atoms with Crippen LogP contribution in [0.25, 0.3) is 0 Å². The molecule has 0 saturated carbocycles. The van der Waals surface area contributed by atoms with E-state index in [0.717, 1.165) is 11.1 Å². The van der Waals surface area contributed by atoms with Crippen molar-refractivity contribution < 1.29 is 9.53 Å². The van der Waals surface area contributed by atoms with Gasteiger partial charge in [0.25, 0.3) is 0 Å². The second-order valence-electron chi connectivity index (χ2n) is 5.03. The fourth-order valence-electron chi connectivity index (χ4n) is 1.39.